The average molecular weight is 328 g/mol. The van der Waals surface area contributed by atoms with Gasteiger partial charge in [-0.15, -0.1) is 0 Å². The maximum absolute atomic E-state index is 12.3. The first-order valence-corrected chi connectivity index (χ1v) is 7.85. The number of benzene rings is 1. The molecule has 1 N–H and O–H groups in total. The Balaban J connectivity index is 1.87. The molecule has 1 unspecified atom stereocenters. The Morgan fingerprint density at radius 1 is 1.26 bits per heavy atom. The fourth-order valence-corrected chi connectivity index (χ4v) is 2.76. The van der Waals surface area contributed by atoms with E-state index in [1.165, 1.54) is 0 Å². The van der Waals surface area contributed by atoms with E-state index in [4.69, 9.17) is 11.6 Å². The predicted octanol–water partition coefficient (Wildman–Crippen LogP) is 3.77. The number of fused-ring (bicyclic) bond motifs is 1. The molecular formula is C18H18ClN3O. The van der Waals surface area contributed by atoms with Gasteiger partial charge in [0.1, 0.15) is 0 Å². The van der Waals surface area contributed by atoms with Crippen molar-refractivity contribution < 1.29 is 0 Å². The highest BCUT2D eigenvalue weighted by Crippen LogP contribution is 2.20. The van der Waals surface area contributed by atoms with Crippen LogP contribution in [0.5, 0.6) is 0 Å². The van der Waals surface area contributed by atoms with E-state index in [0.29, 0.717) is 11.6 Å². The fraction of sp³-hybridized carbons (Fsp3) is 0.222. The first-order chi connectivity index (χ1) is 11.0. The van der Waals surface area contributed by atoms with Crippen LogP contribution in [0.1, 0.15) is 24.2 Å². The highest BCUT2D eigenvalue weighted by atomic mass is 35.5. The maximum atomic E-state index is 12.3. The van der Waals surface area contributed by atoms with Gasteiger partial charge in [-0.2, -0.15) is 0 Å². The number of hydrogen-bond donors (Lipinski definition) is 1. The first kappa shape index (κ1) is 15.7. The molecule has 3 aromatic rings. The smallest absolute Gasteiger partial charge is 0.252 e. The van der Waals surface area contributed by atoms with E-state index in [1.807, 2.05) is 43.4 Å². The molecule has 0 radical (unpaired) electrons. The van der Waals surface area contributed by atoms with Crippen LogP contribution in [0.3, 0.4) is 0 Å². The minimum absolute atomic E-state index is 0.0835. The fourth-order valence-electron chi connectivity index (χ4n) is 2.59. The summed E-state index contributed by atoms with van der Waals surface area (Å²) in [5.41, 5.74) is 2.38. The van der Waals surface area contributed by atoms with Gasteiger partial charge >= 0.3 is 0 Å². The Hall–Kier alpha value is -2.17. The van der Waals surface area contributed by atoms with Crippen LogP contribution >= 0.6 is 11.6 Å². The number of pyridine rings is 2. The van der Waals surface area contributed by atoms with Gasteiger partial charge in [-0.25, -0.2) is 0 Å². The van der Waals surface area contributed by atoms with Crippen LogP contribution in [0.25, 0.3) is 10.9 Å². The zero-order valence-corrected chi connectivity index (χ0v) is 13.8. The van der Waals surface area contributed by atoms with Gasteiger partial charge in [-0.3, -0.25) is 14.7 Å². The largest absolute Gasteiger partial charge is 0.322 e. The SMILES string of the molecule is CC(c1ccccn1)N(C)Cc1cc2ccc(Cl)cc2[nH]c1=O. The highest BCUT2D eigenvalue weighted by molar-refractivity contribution is 6.31. The van der Waals surface area contributed by atoms with Crippen molar-refractivity contribution in [1.82, 2.24) is 14.9 Å². The summed E-state index contributed by atoms with van der Waals surface area (Å²) in [5.74, 6) is 0. The Morgan fingerprint density at radius 2 is 2.09 bits per heavy atom. The molecule has 118 valence electrons. The van der Waals surface area contributed by atoms with Crippen LogP contribution in [0.15, 0.2) is 53.5 Å². The number of rotatable bonds is 4. The summed E-state index contributed by atoms with van der Waals surface area (Å²) in [6, 6.07) is 13.4. The van der Waals surface area contributed by atoms with Gasteiger partial charge < -0.3 is 4.98 Å². The molecule has 1 atom stereocenters. The lowest BCUT2D eigenvalue weighted by molar-refractivity contribution is 0.248. The topological polar surface area (TPSA) is 49.0 Å². The third-order valence-electron chi connectivity index (χ3n) is 4.08. The summed E-state index contributed by atoms with van der Waals surface area (Å²) in [6.45, 7) is 2.63. The van der Waals surface area contributed by atoms with Crippen molar-refractivity contribution in [2.75, 3.05) is 7.05 Å². The first-order valence-electron chi connectivity index (χ1n) is 7.47. The minimum atomic E-state index is -0.0835. The second-order valence-electron chi connectivity index (χ2n) is 5.70. The van der Waals surface area contributed by atoms with E-state index in [9.17, 15) is 4.79 Å². The van der Waals surface area contributed by atoms with Gasteiger partial charge in [0.15, 0.2) is 0 Å². The second-order valence-corrected chi connectivity index (χ2v) is 6.14. The molecule has 0 aliphatic rings. The molecule has 0 saturated heterocycles. The van der Waals surface area contributed by atoms with Gasteiger partial charge in [-0.1, -0.05) is 23.7 Å². The molecule has 5 heteroatoms. The number of nitrogens with zero attached hydrogens (tertiary/aromatic N) is 2. The molecule has 0 aliphatic carbocycles. The van der Waals surface area contributed by atoms with Crippen LogP contribution in [-0.2, 0) is 6.54 Å². The van der Waals surface area contributed by atoms with E-state index < -0.39 is 0 Å². The van der Waals surface area contributed by atoms with E-state index in [0.717, 1.165) is 22.2 Å². The van der Waals surface area contributed by atoms with Gasteiger partial charge in [-0.05, 0) is 49.7 Å². The normalized spacial score (nSPS) is 12.7. The molecule has 2 aromatic heterocycles. The predicted molar refractivity (Wildman–Crippen MR) is 93.7 cm³/mol. The summed E-state index contributed by atoms with van der Waals surface area (Å²) < 4.78 is 0. The quantitative estimate of drug-likeness (QED) is 0.793. The van der Waals surface area contributed by atoms with Crippen LogP contribution in [-0.4, -0.2) is 21.9 Å². The van der Waals surface area contributed by atoms with Crippen molar-refractivity contribution in [2.45, 2.75) is 19.5 Å². The molecule has 0 saturated carbocycles. The van der Waals surface area contributed by atoms with E-state index in [1.54, 1.807) is 12.3 Å². The lowest BCUT2D eigenvalue weighted by Crippen LogP contribution is -2.26. The molecule has 2 heterocycles. The number of aromatic nitrogens is 2. The second kappa shape index (κ2) is 6.52. The number of nitrogens with one attached hydrogen (secondary N) is 1. The molecular weight excluding hydrogens is 310 g/mol. The average Bonchev–Trinajstić information content (AvgIpc) is 2.55. The molecule has 0 spiro atoms. The van der Waals surface area contributed by atoms with Crippen LogP contribution in [0.2, 0.25) is 5.02 Å². The summed E-state index contributed by atoms with van der Waals surface area (Å²) in [7, 11) is 1.99. The summed E-state index contributed by atoms with van der Waals surface area (Å²) in [5, 5.41) is 1.59. The lowest BCUT2D eigenvalue weighted by atomic mass is 10.1. The number of halogens is 1. The van der Waals surface area contributed by atoms with Crippen molar-refractivity contribution in [1.29, 1.82) is 0 Å². The highest BCUT2D eigenvalue weighted by Gasteiger charge is 2.14. The minimum Gasteiger partial charge on any atom is -0.322 e. The van der Waals surface area contributed by atoms with Crippen molar-refractivity contribution in [3.8, 4) is 0 Å². The standard InChI is InChI=1S/C18H18ClN3O/c1-12(16-5-3-4-8-20-16)22(2)11-14-9-13-6-7-15(19)10-17(13)21-18(14)23/h3-10,12H,11H2,1-2H3,(H,21,23). The number of aromatic amines is 1. The van der Waals surface area contributed by atoms with E-state index in [-0.39, 0.29) is 11.6 Å². The van der Waals surface area contributed by atoms with Gasteiger partial charge in [0.25, 0.3) is 5.56 Å². The van der Waals surface area contributed by atoms with Crippen LogP contribution in [0.4, 0.5) is 0 Å². The Labute approximate surface area is 139 Å². The number of hydrogen-bond acceptors (Lipinski definition) is 3. The van der Waals surface area contributed by atoms with Gasteiger partial charge in [0.2, 0.25) is 0 Å². The molecule has 0 fully saturated rings. The Kier molecular flexibility index (Phi) is 4.46. The zero-order chi connectivity index (χ0) is 16.4. The lowest BCUT2D eigenvalue weighted by Gasteiger charge is -2.24. The third-order valence-corrected chi connectivity index (χ3v) is 4.32. The van der Waals surface area contributed by atoms with Crippen molar-refractivity contribution in [2.24, 2.45) is 0 Å². The van der Waals surface area contributed by atoms with Crippen molar-refractivity contribution >= 4 is 22.5 Å². The van der Waals surface area contributed by atoms with Crippen LogP contribution in [0, 0.1) is 0 Å². The van der Waals surface area contributed by atoms with Crippen LogP contribution < -0.4 is 5.56 Å². The molecule has 0 amide bonds. The van der Waals surface area contributed by atoms with Gasteiger partial charge in [0.05, 0.1) is 5.69 Å². The number of H-pyrrole nitrogens is 1. The summed E-state index contributed by atoms with van der Waals surface area (Å²) in [4.78, 5) is 21.7. The molecule has 23 heavy (non-hydrogen) atoms. The monoisotopic (exact) mass is 327 g/mol. The molecule has 4 nitrogen and oxygen atoms in total. The molecule has 0 aliphatic heterocycles. The third kappa shape index (κ3) is 3.44. The Morgan fingerprint density at radius 3 is 2.83 bits per heavy atom. The maximum Gasteiger partial charge on any atom is 0.252 e. The summed E-state index contributed by atoms with van der Waals surface area (Å²) in [6.07, 6.45) is 1.78. The summed E-state index contributed by atoms with van der Waals surface area (Å²) >= 11 is 5.97. The Bertz CT molecular complexity index is 876. The van der Waals surface area contributed by atoms with Crippen molar-refractivity contribution in [3.05, 3.63) is 75.3 Å². The van der Waals surface area contributed by atoms with Gasteiger partial charge in [0, 0.05) is 34.9 Å². The van der Waals surface area contributed by atoms with E-state index in [2.05, 4.69) is 21.8 Å². The molecule has 3 rings (SSSR count). The molecule has 0 bridgehead atoms. The van der Waals surface area contributed by atoms with E-state index >= 15 is 0 Å². The molecule has 1 aromatic carbocycles. The zero-order valence-electron chi connectivity index (χ0n) is 13.1. The van der Waals surface area contributed by atoms with Crippen molar-refractivity contribution in [3.63, 3.8) is 0 Å².